The number of aromatic nitrogens is 5. The second-order valence-electron chi connectivity index (χ2n) is 6.76. The van der Waals surface area contributed by atoms with Crippen LogP contribution in [0.4, 0.5) is 4.39 Å². The van der Waals surface area contributed by atoms with Crippen molar-refractivity contribution >= 4 is 0 Å². The molecule has 3 atom stereocenters. The molecule has 2 heterocycles. The van der Waals surface area contributed by atoms with Crippen LogP contribution < -0.4 is 10.1 Å². The number of phenolic OH excluding ortho intramolecular Hbond substituents is 1. The van der Waals surface area contributed by atoms with Crippen molar-refractivity contribution < 1.29 is 14.2 Å². The van der Waals surface area contributed by atoms with Crippen molar-refractivity contribution in [3.63, 3.8) is 0 Å². The Morgan fingerprint density at radius 1 is 1.29 bits per heavy atom. The van der Waals surface area contributed by atoms with Gasteiger partial charge in [-0.2, -0.15) is 0 Å². The van der Waals surface area contributed by atoms with Crippen LogP contribution >= 0.6 is 0 Å². The summed E-state index contributed by atoms with van der Waals surface area (Å²) in [5.41, 5.74) is 1.20. The molecule has 2 N–H and O–H groups in total. The van der Waals surface area contributed by atoms with Crippen LogP contribution in [0, 0.1) is 0 Å². The van der Waals surface area contributed by atoms with Crippen LogP contribution in [0.25, 0.3) is 17.1 Å². The zero-order chi connectivity index (χ0) is 19.5. The molecule has 28 heavy (non-hydrogen) atoms. The molecular formula is C19H21FN6O2. The molecule has 0 amide bonds. The Balaban J connectivity index is 1.49. The van der Waals surface area contributed by atoms with Crippen LogP contribution in [-0.4, -0.2) is 55.2 Å². The summed E-state index contributed by atoms with van der Waals surface area (Å²) >= 11 is 0. The van der Waals surface area contributed by atoms with Crippen molar-refractivity contribution in [1.82, 2.24) is 30.0 Å². The molecule has 1 aromatic carbocycles. The monoisotopic (exact) mass is 384 g/mol. The van der Waals surface area contributed by atoms with E-state index in [1.807, 2.05) is 13.1 Å². The van der Waals surface area contributed by atoms with Crippen molar-refractivity contribution in [2.24, 2.45) is 0 Å². The number of hydrogen-bond acceptors (Lipinski definition) is 7. The molecule has 2 aromatic heterocycles. The van der Waals surface area contributed by atoms with Crippen LogP contribution in [0.3, 0.4) is 0 Å². The number of nitrogens with one attached hydrogen (secondary N) is 1. The van der Waals surface area contributed by atoms with Crippen LogP contribution in [-0.2, 0) is 0 Å². The minimum Gasteiger partial charge on any atom is -0.507 e. The maximum atomic E-state index is 14.1. The van der Waals surface area contributed by atoms with E-state index in [0.717, 1.165) is 12.1 Å². The van der Waals surface area contributed by atoms with E-state index in [9.17, 15) is 9.50 Å². The van der Waals surface area contributed by atoms with Gasteiger partial charge in [0.05, 0.1) is 23.8 Å². The summed E-state index contributed by atoms with van der Waals surface area (Å²) < 4.78 is 21.6. The molecule has 2 unspecified atom stereocenters. The maximum Gasteiger partial charge on any atom is 0.252 e. The van der Waals surface area contributed by atoms with Crippen LogP contribution in [0.2, 0.25) is 0 Å². The molecule has 1 aliphatic rings. The second kappa shape index (κ2) is 7.89. The fraction of sp³-hybridized carbons (Fsp3) is 0.368. The molecular weight excluding hydrogens is 363 g/mol. The predicted octanol–water partition coefficient (Wildman–Crippen LogP) is 2.29. The van der Waals surface area contributed by atoms with E-state index in [0.29, 0.717) is 18.4 Å². The minimum absolute atomic E-state index is 0.0228. The van der Waals surface area contributed by atoms with Crippen LogP contribution in [0.15, 0.2) is 43.1 Å². The highest BCUT2D eigenvalue weighted by Crippen LogP contribution is 2.29. The molecule has 1 saturated carbocycles. The molecule has 3 aromatic rings. The highest BCUT2D eigenvalue weighted by molar-refractivity contribution is 5.65. The normalized spacial score (nSPS) is 22.1. The fourth-order valence-corrected chi connectivity index (χ4v) is 3.36. The molecule has 0 saturated heterocycles. The number of benzene rings is 1. The average molecular weight is 384 g/mol. The van der Waals surface area contributed by atoms with Crippen LogP contribution in [0.5, 0.6) is 11.6 Å². The first-order valence-corrected chi connectivity index (χ1v) is 9.13. The summed E-state index contributed by atoms with van der Waals surface area (Å²) in [5.74, 6) is 0.452. The second-order valence-corrected chi connectivity index (χ2v) is 6.76. The van der Waals surface area contributed by atoms with E-state index in [1.165, 1.54) is 6.20 Å². The Hall–Kier alpha value is -3.07. The lowest BCUT2D eigenvalue weighted by molar-refractivity contribution is 0.0470. The van der Waals surface area contributed by atoms with E-state index >= 15 is 0 Å². The summed E-state index contributed by atoms with van der Waals surface area (Å²) in [6.45, 7) is 0. The summed E-state index contributed by atoms with van der Waals surface area (Å²) in [5, 5.41) is 21.5. The Bertz CT molecular complexity index is 919. The first-order valence-electron chi connectivity index (χ1n) is 9.13. The quantitative estimate of drug-likeness (QED) is 0.696. The third-order valence-corrected chi connectivity index (χ3v) is 4.96. The van der Waals surface area contributed by atoms with Crippen LogP contribution in [0.1, 0.15) is 19.3 Å². The van der Waals surface area contributed by atoms with Gasteiger partial charge in [0.1, 0.15) is 18.0 Å². The molecule has 9 heteroatoms. The van der Waals surface area contributed by atoms with E-state index < -0.39 is 12.3 Å². The molecule has 0 bridgehead atoms. The summed E-state index contributed by atoms with van der Waals surface area (Å²) in [6.07, 6.45) is 6.67. The number of hydrogen-bond donors (Lipinski definition) is 2. The van der Waals surface area contributed by atoms with Crippen molar-refractivity contribution in [3.8, 4) is 28.7 Å². The number of aromatic hydroxyl groups is 1. The Kier molecular flexibility index (Phi) is 5.16. The standard InChI is InChI=1S/C19H21FN6O2/c1-21-12-2-5-15(20)17(8-12)28-18-10-23-19(25-24-18)14-4-3-13(9-16(14)27)26-7-6-22-11-26/h3-4,6-7,9-12,15,17,21,27H,2,5,8H2,1H3/t12?,15?,17-/m0/s1. The zero-order valence-corrected chi connectivity index (χ0v) is 15.4. The van der Waals surface area contributed by atoms with Gasteiger partial charge < -0.3 is 19.7 Å². The lowest BCUT2D eigenvalue weighted by Crippen LogP contribution is -2.42. The number of phenols is 1. The van der Waals surface area contributed by atoms with Gasteiger partial charge >= 0.3 is 0 Å². The van der Waals surface area contributed by atoms with Crippen molar-refractivity contribution in [2.45, 2.75) is 37.6 Å². The number of ether oxygens (including phenoxy) is 1. The van der Waals surface area contributed by atoms with Gasteiger partial charge in [-0.1, -0.05) is 0 Å². The number of rotatable bonds is 5. The Labute approximate surface area is 161 Å². The SMILES string of the molecule is CNC1CCC(F)[C@@H](Oc2cnc(-c3ccc(-n4ccnc4)cc3O)nn2)C1. The molecule has 146 valence electrons. The predicted molar refractivity (Wildman–Crippen MR) is 100 cm³/mol. The lowest BCUT2D eigenvalue weighted by atomic mass is 9.91. The smallest absolute Gasteiger partial charge is 0.252 e. The van der Waals surface area contributed by atoms with E-state index in [4.69, 9.17) is 4.74 Å². The van der Waals surface area contributed by atoms with Gasteiger partial charge in [0.25, 0.3) is 5.88 Å². The average Bonchev–Trinajstić information content (AvgIpc) is 3.25. The summed E-state index contributed by atoms with van der Waals surface area (Å²) in [6, 6.07) is 5.35. The van der Waals surface area contributed by atoms with Gasteiger partial charge in [0.2, 0.25) is 0 Å². The van der Waals surface area contributed by atoms with Gasteiger partial charge in [-0.25, -0.2) is 14.4 Å². The van der Waals surface area contributed by atoms with E-state index in [2.05, 4.69) is 25.5 Å². The maximum absolute atomic E-state index is 14.1. The summed E-state index contributed by atoms with van der Waals surface area (Å²) in [4.78, 5) is 8.20. The van der Waals surface area contributed by atoms with Gasteiger partial charge in [0, 0.05) is 30.9 Å². The number of imidazole rings is 1. The molecule has 0 spiro atoms. The van der Waals surface area contributed by atoms with Crippen molar-refractivity contribution in [1.29, 1.82) is 0 Å². The lowest BCUT2D eigenvalue weighted by Gasteiger charge is -2.31. The third-order valence-electron chi connectivity index (χ3n) is 4.96. The summed E-state index contributed by atoms with van der Waals surface area (Å²) in [7, 11) is 1.86. The van der Waals surface area contributed by atoms with Crippen molar-refractivity contribution in [3.05, 3.63) is 43.1 Å². The molecule has 4 rings (SSSR count). The van der Waals surface area contributed by atoms with Crippen molar-refractivity contribution in [2.75, 3.05) is 7.05 Å². The molecule has 1 aliphatic carbocycles. The Morgan fingerprint density at radius 3 is 2.86 bits per heavy atom. The highest BCUT2D eigenvalue weighted by atomic mass is 19.1. The number of nitrogens with zero attached hydrogens (tertiary/aromatic N) is 5. The topological polar surface area (TPSA) is 98.0 Å². The molecule has 1 fully saturated rings. The number of halogens is 1. The first kappa shape index (κ1) is 18.3. The first-order chi connectivity index (χ1) is 13.6. The van der Waals surface area contributed by atoms with Gasteiger partial charge in [-0.3, -0.25) is 0 Å². The zero-order valence-electron chi connectivity index (χ0n) is 15.4. The molecule has 0 radical (unpaired) electrons. The van der Waals surface area contributed by atoms with Gasteiger partial charge in [-0.05, 0) is 32.0 Å². The Morgan fingerprint density at radius 2 is 2.18 bits per heavy atom. The van der Waals surface area contributed by atoms with E-state index in [-0.39, 0.29) is 23.5 Å². The van der Waals surface area contributed by atoms with Gasteiger partial charge in [-0.15, -0.1) is 10.2 Å². The minimum atomic E-state index is -1.04. The third kappa shape index (κ3) is 3.79. The fourth-order valence-electron chi connectivity index (χ4n) is 3.36. The largest absolute Gasteiger partial charge is 0.507 e. The van der Waals surface area contributed by atoms with Gasteiger partial charge in [0.15, 0.2) is 5.82 Å². The molecule has 0 aliphatic heterocycles. The molecule has 8 nitrogen and oxygen atoms in total. The number of alkyl halides is 1. The highest BCUT2D eigenvalue weighted by Gasteiger charge is 2.32. The van der Waals surface area contributed by atoms with E-state index in [1.54, 1.807) is 35.4 Å².